The summed E-state index contributed by atoms with van der Waals surface area (Å²) in [7, 11) is 0. The standard InChI is InChI=1S/C23H21N3O5/c1-14(2)19-8-7-15(3)9-21(19)30-13-22(27)25-23-17(12-24)11-20(31-23)16-5-4-6-18(10-16)26(28)29/h4-11,14H,13H2,1-3H3,(H,25,27). The van der Waals surface area contributed by atoms with Crippen LogP contribution in [0.4, 0.5) is 11.6 Å². The second-order valence-corrected chi connectivity index (χ2v) is 7.31. The van der Waals surface area contributed by atoms with Gasteiger partial charge in [0.15, 0.2) is 6.61 Å². The lowest BCUT2D eigenvalue weighted by atomic mass is 10.0. The van der Waals surface area contributed by atoms with Crippen molar-refractivity contribution in [3.8, 4) is 23.1 Å². The van der Waals surface area contributed by atoms with Gasteiger partial charge in [-0.15, -0.1) is 0 Å². The van der Waals surface area contributed by atoms with Crippen LogP contribution in [0.2, 0.25) is 0 Å². The summed E-state index contributed by atoms with van der Waals surface area (Å²) >= 11 is 0. The number of carbonyl (C=O) groups is 1. The lowest BCUT2D eigenvalue weighted by Crippen LogP contribution is -2.20. The van der Waals surface area contributed by atoms with Gasteiger partial charge in [0, 0.05) is 23.8 Å². The summed E-state index contributed by atoms with van der Waals surface area (Å²) < 4.78 is 11.3. The number of nitro groups is 1. The van der Waals surface area contributed by atoms with Gasteiger partial charge in [0.25, 0.3) is 11.6 Å². The number of hydrogen-bond acceptors (Lipinski definition) is 6. The first-order valence-electron chi connectivity index (χ1n) is 9.60. The number of aryl methyl sites for hydroxylation is 1. The molecule has 8 nitrogen and oxygen atoms in total. The van der Waals surface area contributed by atoms with Crippen molar-refractivity contribution < 1.29 is 18.9 Å². The average Bonchev–Trinajstić information content (AvgIpc) is 3.15. The van der Waals surface area contributed by atoms with Crippen molar-refractivity contribution in [2.24, 2.45) is 0 Å². The van der Waals surface area contributed by atoms with E-state index in [2.05, 4.69) is 5.32 Å². The van der Waals surface area contributed by atoms with Crippen LogP contribution in [0.1, 0.15) is 36.5 Å². The summed E-state index contributed by atoms with van der Waals surface area (Å²) in [5, 5.41) is 22.9. The van der Waals surface area contributed by atoms with E-state index in [-0.39, 0.29) is 35.4 Å². The van der Waals surface area contributed by atoms with Crippen LogP contribution < -0.4 is 10.1 Å². The zero-order valence-electron chi connectivity index (χ0n) is 17.3. The Kier molecular flexibility index (Phi) is 6.36. The molecular formula is C23H21N3O5. The number of nitriles is 1. The molecule has 0 aliphatic carbocycles. The van der Waals surface area contributed by atoms with Crippen LogP contribution in [-0.2, 0) is 4.79 Å². The van der Waals surface area contributed by atoms with E-state index in [4.69, 9.17) is 9.15 Å². The number of rotatable bonds is 7. The largest absolute Gasteiger partial charge is 0.483 e. The fraction of sp³-hybridized carbons (Fsp3) is 0.217. The van der Waals surface area contributed by atoms with Gasteiger partial charge in [-0.05, 0) is 30.0 Å². The Morgan fingerprint density at radius 1 is 1.26 bits per heavy atom. The molecule has 31 heavy (non-hydrogen) atoms. The van der Waals surface area contributed by atoms with Crippen LogP contribution in [-0.4, -0.2) is 17.4 Å². The molecule has 8 heteroatoms. The topological polar surface area (TPSA) is 118 Å². The number of carbonyl (C=O) groups excluding carboxylic acids is 1. The van der Waals surface area contributed by atoms with Crippen molar-refractivity contribution in [3.05, 3.63) is 75.3 Å². The predicted molar refractivity (Wildman–Crippen MR) is 115 cm³/mol. The molecule has 3 rings (SSSR count). The van der Waals surface area contributed by atoms with E-state index in [1.165, 1.54) is 24.3 Å². The Balaban J connectivity index is 1.75. The van der Waals surface area contributed by atoms with Crippen LogP contribution in [0.3, 0.4) is 0 Å². The highest BCUT2D eigenvalue weighted by molar-refractivity contribution is 5.92. The summed E-state index contributed by atoms with van der Waals surface area (Å²) in [5.41, 5.74) is 2.42. The quantitative estimate of drug-likeness (QED) is 0.416. The minimum absolute atomic E-state index is 0.0362. The molecule has 158 valence electrons. The molecule has 2 aromatic carbocycles. The Bertz CT molecular complexity index is 1170. The molecule has 0 aliphatic rings. The maximum atomic E-state index is 12.4. The Morgan fingerprint density at radius 2 is 2.03 bits per heavy atom. The fourth-order valence-corrected chi connectivity index (χ4v) is 3.03. The predicted octanol–water partition coefficient (Wildman–Crippen LogP) is 5.18. The van der Waals surface area contributed by atoms with Crippen LogP contribution >= 0.6 is 0 Å². The van der Waals surface area contributed by atoms with Gasteiger partial charge in [-0.3, -0.25) is 20.2 Å². The SMILES string of the molecule is Cc1ccc(C(C)C)c(OCC(=O)Nc2oc(-c3cccc([N+](=O)[O-])c3)cc2C#N)c1. The molecule has 0 bridgehead atoms. The zero-order chi connectivity index (χ0) is 22.5. The summed E-state index contributed by atoms with van der Waals surface area (Å²) in [4.78, 5) is 22.9. The van der Waals surface area contributed by atoms with Crippen molar-refractivity contribution in [2.45, 2.75) is 26.7 Å². The number of amides is 1. The minimum Gasteiger partial charge on any atom is -0.483 e. The van der Waals surface area contributed by atoms with Gasteiger partial charge < -0.3 is 9.15 Å². The van der Waals surface area contributed by atoms with E-state index in [1.54, 1.807) is 6.07 Å². The number of benzene rings is 2. The van der Waals surface area contributed by atoms with Crippen LogP contribution in [0.15, 0.2) is 52.9 Å². The lowest BCUT2D eigenvalue weighted by molar-refractivity contribution is -0.384. The molecular weight excluding hydrogens is 398 g/mol. The molecule has 1 heterocycles. The number of non-ortho nitro benzene ring substituents is 1. The summed E-state index contributed by atoms with van der Waals surface area (Å²) in [6.07, 6.45) is 0. The molecule has 0 atom stereocenters. The Labute approximate surface area is 179 Å². The van der Waals surface area contributed by atoms with E-state index in [9.17, 15) is 20.2 Å². The van der Waals surface area contributed by atoms with Crippen LogP contribution in [0, 0.1) is 28.4 Å². The molecule has 0 radical (unpaired) electrons. The van der Waals surface area contributed by atoms with Gasteiger partial charge in [-0.2, -0.15) is 5.26 Å². The first kappa shape index (κ1) is 21.6. The van der Waals surface area contributed by atoms with E-state index in [1.807, 2.05) is 45.0 Å². The van der Waals surface area contributed by atoms with Crippen molar-refractivity contribution in [2.75, 3.05) is 11.9 Å². The molecule has 0 aliphatic heterocycles. The van der Waals surface area contributed by atoms with E-state index < -0.39 is 10.8 Å². The van der Waals surface area contributed by atoms with Gasteiger partial charge in [0.1, 0.15) is 23.1 Å². The number of ether oxygens (including phenoxy) is 1. The molecule has 0 saturated heterocycles. The van der Waals surface area contributed by atoms with Crippen LogP contribution in [0.25, 0.3) is 11.3 Å². The number of nitrogens with zero attached hydrogens (tertiary/aromatic N) is 2. The first-order chi connectivity index (χ1) is 14.8. The molecule has 3 aromatic rings. The normalized spacial score (nSPS) is 10.5. The van der Waals surface area contributed by atoms with E-state index >= 15 is 0 Å². The third-order valence-corrected chi connectivity index (χ3v) is 4.60. The number of anilines is 1. The Morgan fingerprint density at radius 3 is 2.71 bits per heavy atom. The van der Waals surface area contributed by atoms with E-state index in [0.29, 0.717) is 11.3 Å². The third kappa shape index (κ3) is 5.08. The molecule has 0 spiro atoms. The van der Waals surface area contributed by atoms with Crippen LogP contribution in [0.5, 0.6) is 5.75 Å². The fourth-order valence-electron chi connectivity index (χ4n) is 3.03. The molecule has 1 N–H and O–H groups in total. The second kappa shape index (κ2) is 9.13. The average molecular weight is 419 g/mol. The molecule has 0 unspecified atom stereocenters. The maximum absolute atomic E-state index is 12.4. The molecule has 0 saturated carbocycles. The van der Waals surface area contributed by atoms with Crippen molar-refractivity contribution >= 4 is 17.5 Å². The van der Waals surface area contributed by atoms with Crippen molar-refractivity contribution in [3.63, 3.8) is 0 Å². The highest BCUT2D eigenvalue weighted by Crippen LogP contribution is 2.31. The molecule has 1 aromatic heterocycles. The lowest BCUT2D eigenvalue weighted by Gasteiger charge is -2.14. The minimum atomic E-state index is -0.519. The van der Waals surface area contributed by atoms with Gasteiger partial charge in [0.05, 0.1) is 4.92 Å². The summed E-state index contributed by atoms with van der Waals surface area (Å²) in [5.74, 6) is 0.560. The van der Waals surface area contributed by atoms with Gasteiger partial charge in [-0.25, -0.2) is 0 Å². The highest BCUT2D eigenvalue weighted by atomic mass is 16.6. The number of hydrogen-bond donors (Lipinski definition) is 1. The van der Waals surface area contributed by atoms with Gasteiger partial charge >= 0.3 is 0 Å². The zero-order valence-corrected chi connectivity index (χ0v) is 17.3. The van der Waals surface area contributed by atoms with E-state index in [0.717, 1.165) is 11.1 Å². The third-order valence-electron chi connectivity index (χ3n) is 4.60. The number of nitro benzene ring substituents is 1. The second-order valence-electron chi connectivity index (χ2n) is 7.31. The van der Waals surface area contributed by atoms with Gasteiger partial charge in [0.2, 0.25) is 5.88 Å². The highest BCUT2D eigenvalue weighted by Gasteiger charge is 2.18. The monoisotopic (exact) mass is 419 g/mol. The van der Waals surface area contributed by atoms with Crippen molar-refractivity contribution in [1.29, 1.82) is 5.26 Å². The molecule has 0 fully saturated rings. The summed E-state index contributed by atoms with van der Waals surface area (Å²) in [6, 6.07) is 15.0. The number of furan rings is 1. The Hall–Kier alpha value is -4.12. The van der Waals surface area contributed by atoms with Crippen molar-refractivity contribution in [1.82, 2.24) is 0 Å². The molecule has 1 amide bonds. The smallest absolute Gasteiger partial charge is 0.270 e. The van der Waals surface area contributed by atoms with Gasteiger partial charge in [-0.1, -0.05) is 38.1 Å². The maximum Gasteiger partial charge on any atom is 0.270 e. The first-order valence-corrected chi connectivity index (χ1v) is 9.60. The number of nitrogens with one attached hydrogen (secondary N) is 1. The summed E-state index contributed by atoms with van der Waals surface area (Å²) in [6.45, 7) is 5.75.